The Hall–Kier alpha value is -4.77. The van der Waals surface area contributed by atoms with Gasteiger partial charge in [-0.1, -0.05) is 6.08 Å². The highest BCUT2D eigenvalue weighted by Gasteiger charge is 2.31. The monoisotopic (exact) mass is 596 g/mol. The van der Waals surface area contributed by atoms with Gasteiger partial charge in [0.15, 0.2) is 11.6 Å². The van der Waals surface area contributed by atoms with Crippen LogP contribution < -0.4 is 20.7 Å². The lowest BCUT2D eigenvalue weighted by Crippen LogP contribution is -2.50. The van der Waals surface area contributed by atoms with E-state index in [4.69, 9.17) is 6.57 Å². The molecule has 1 atom stereocenters. The fraction of sp³-hybridized carbons (Fsp3) is 0.345. The van der Waals surface area contributed by atoms with Crippen LogP contribution in [0.5, 0.6) is 0 Å². The lowest BCUT2D eigenvalue weighted by atomic mass is 9.97. The fourth-order valence-corrected chi connectivity index (χ4v) is 5.27. The zero-order chi connectivity index (χ0) is 30.8. The summed E-state index contributed by atoms with van der Waals surface area (Å²) in [6, 6.07) is 3.38. The van der Waals surface area contributed by atoms with Gasteiger partial charge < -0.3 is 29.8 Å². The van der Waals surface area contributed by atoms with Crippen molar-refractivity contribution in [3.63, 3.8) is 0 Å². The van der Waals surface area contributed by atoms with E-state index < -0.39 is 40.7 Å². The number of piperazine rings is 1. The molecular formula is C29H28F4N8O2. The number of nitrogens with zero attached hydrogens (tertiary/aromatic N) is 6. The molecule has 0 unspecified atom stereocenters. The van der Waals surface area contributed by atoms with Gasteiger partial charge in [-0.05, 0) is 26.0 Å². The standard InChI is InChI=1S/C29H28F4N8O2/c1-16-14-40(10-9-39(16)3)21-12-20(30)24(17-5-4-8-41(15-17)22-6-7-35-29(34-2)37-22)25(31)26(21)38-28(43)19-13-36-23(42)11-18(19)27(32)33/h5-7,11-13,16,27H,4,8-10,14-15H2,1,3H3,(H,36,42)(H,38,43)/t16-/m0/s1. The Morgan fingerprint density at radius 3 is 2.72 bits per heavy atom. The van der Waals surface area contributed by atoms with Crippen LogP contribution in [0, 0.1) is 18.2 Å². The maximum Gasteiger partial charge on any atom is 0.373 e. The van der Waals surface area contributed by atoms with Crippen LogP contribution >= 0.6 is 0 Å². The Kier molecular flexibility index (Phi) is 8.45. The highest BCUT2D eigenvalue weighted by atomic mass is 19.3. The van der Waals surface area contributed by atoms with Crippen LogP contribution in [0.4, 0.5) is 40.7 Å². The van der Waals surface area contributed by atoms with E-state index in [9.17, 15) is 18.4 Å². The minimum atomic E-state index is -3.14. The van der Waals surface area contributed by atoms with Gasteiger partial charge in [0.2, 0.25) is 5.56 Å². The lowest BCUT2D eigenvalue weighted by molar-refractivity contribution is 0.101. The number of likely N-dealkylation sites (N-methyl/N-ethyl adjacent to an activating group) is 1. The number of halogens is 4. The molecule has 1 amide bonds. The number of rotatable bonds is 6. The molecule has 2 aliphatic heterocycles. The lowest BCUT2D eigenvalue weighted by Gasteiger charge is -2.40. The van der Waals surface area contributed by atoms with E-state index in [1.807, 2.05) is 14.0 Å². The first-order valence-electron chi connectivity index (χ1n) is 13.5. The summed E-state index contributed by atoms with van der Waals surface area (Å²) >= 11 is 0. The van der Waals surface area contributed by atoms with Crippen LogP contribution in [-0.2, 0) is 0 Å². The van der Waals surface area contributed by atoms with Crippen molar-refractivity contribution in [1.29, 1.82) is 0 Å². The Balaban J connectivity index is 1.57. The predicted molar refractivity (Wildman–Crippen MR) is 154 cm³/mol. The molecule has 0 spiro atoms. The average Bonchev–Trinajstić information content (AvgIpc) is 3.00. The third-order valence-electron chi connectivity index (χ3n) is 7.70. The first-order chi connectivity index (χ1) is 20.6. The smallest absolute Gasteiger partial charge is 0.373 e. The van der Waals surface area contributed by atoms with Crippen LogP contribution in [0.3, 0.4) is 0 Å². The van der Waals surface area contributed by atoms with Crippen molar-refractivity contribution in [2.75, 3.05) is 54.9 Å². The predicted octanol–water partition coefficient (Wildman–Crippen LogP) is 4.62. The number of aromatic nitrogens is 3. The summed E-state index contributed by atoms with van der Waals surface area (Å²) in [7, 11) is 1.93. The van der Waals surface area contributed by atoms with Crippen LogP contribution in [0.25, 0.3) is 10.4 Å². The fourth-order valence-electron chi connectivity index (χ4n) is 5.27. The minimum Gasteiger partial charge on any atom is -0.394 e. The Morgan fingerprint density at radius 2 is 2.00 bits per heavy atom. The van der Waals surface area contributed by atoms with Gasteiger partial charge in [-0.2, -0.15) is 4.98 Å². The molecule has 0 saturated carbocycles. The zero-order valence-electron chi connectivity index (χ0n) is 23.4. The number of H-pyrrole nitrogens is 1. The second-order valence-corrected chi connectivity index (χ2v) is 10.4. The largest absolute Gasteiger partial charge is 0.394 e. The molecule has 14 heteroatoms. The zero-order valence-corrected chi connectivity index (χ0v) is 23.4. The molecule has 43 heavy (non-hydrogen) atoms. The summed E-state index contributed by atoms with van der Waals surface area (Å²) in [5.74, 6) is -2.64. The molecular weight excluding hydrogens is 568 g/mol. The number of hydrogen-bond acceptors (Lipinski definition) is 7. The van der Waals surface area contributed by atoms with Crippen LogP contribution in [0.15, 0.2) is 41.5 Å². The number of carbonyl (C=O) groups excluding carboxylic acids is 1. The topological polar surface area (TPSA) is 102 Å². The molecule has 1 saturated heterocycles. The third-order valence-corrected chi connectivity index (χ3v) is 7.70. The van der Waals surface area contributed by atoms with Gasteiger partial charge in [0.1, 0.15) is 11.5 Å². The van der Waals surface area contributed by atoms with Crippen LogP contribution in [-0.4, -0.2) is 71.6 Å². The van der Waals surface area contributed by atoms with E-state index in [-0.39, 0.29) is 41.0 Å². The third kappa shape index (κ3) is 6.07. The molecule has 10 nitrogen and oxygen atoms in total. The highest BCUT2D eigenvalue weighted by molar-refractivity contribution is 6.07. The molecule has 224 valence electrons. The van der Waals surface area contributed by atoms with Crippen molar-refractivity contribution in [2.45, 2.75) is 25.8 Å². The number of hydrogen-bond donors (Lipinski definition) is 2. The van der Waals surface area contributed by atoms with Crippen molar-refractivity contribution < 1.29 is 22.4 Å². The number of carbonyl (C=O) groups is 1. The molecule has 1 fully saturated rings. The summed E-state index contributed by atoms with van der Waals surface area (Å²) < 4.78 is 59.8. The SMILES string of the molecule is [C-]#[N+]c1nccc(N2CCC=C(c3c(F)cc(N4CCN(C)[C@@H](C)C4)c(NC(=O)c4c[nH]c(=O)cc4C(F)F)c3F)C2)n1. The first-order valence-corrected chi connectivity index (χ1v) is 13.5. The van der Waals surface area contributed by atoms with Crippen molar-refractivity contribution in [1.82, 2.24) is 19.9 Å². The van der Waals surface area contributed by atoms with E-state index in [2.05, 4.69) is 30.0 Å². The number of benzene rings is 1. The number of anilines is 3. The minimum absolute atomic E-state index is 0.0237. The molecule has 2 aliphatic rings. The van der Waals surface area contributed by atoms with Crippen LogP contribution in [0.1, 0.15) is 41.3 Å². The maximum atomic E-state index is 16.5. The molecule has 0 bridgehead atoms. The van der Waals surface area contributed by atoms with E-state index in [0.29, 0.717) is 44.5 Å². The summed E-state index contributed by atoms with van der Waals surface area (Å²) in [6.45, 7) is 11.0. The van der Waals surface area contributed by atoms with E-state index in [0.717, 1.165) is 12.3 Å². The van der Waals surface area contributed by atoms with Crippen molar-refractivity contribution in [3.8, 4) is 0 Å². The summed E-state index contributed by atoms with van der Waals surface area (Å²) in [6.07, 6.45) is 1.24. The van der Waals surface area contributed by atoms with Gasteiger partial charge in [0.05, 0.1) is 23.0 Å². The Labute approximate surface area is 244 Å². The van der Waals surface area contributed by atoms with Crippen molar-refractivity contribution >= 4 is 34.6 Å². The molecule has 0 aliphatic carbocycles. The van der Waals surface area contributed by atoms with Gasteiger partial charge in [0, 0.05) is 68.7 Å². The quantitative estimate of drug-likeness (QED) is 0.317. The second kappa shape index (κ2) is 12.2. The highest BCUT2D eigenvalue weighted by Crippen LogP contribution is 2.39. The van der Waals surface area contributed by atoms with Gasteiger partial charge >= 0.3 is 5.95 Å². The molecule has 4 heterocycles. The summed E-state index contributed by atoms with van der Waals surface area (Å²) in [4.78, 5) is 44.0. The normalized spacial score (nSPS) is 17.5. The van der Waals surface area contributed by atoms with E-state index in [1.54, 1.807) is 21.9 Å². The summed E-state index contributed by atoms with van der Waals surface area (Å²) in [5, 5.41) is 2.41. The van der Waals surface area contributed by atoms with Crippen LogP contribution in [0.2, 0.25) is 0 Å². The number of pyridine rings is 1. The van der Waals surface area contributed by atoms with Gasteiger partial charge in [-0.3, -0.25) is 9.59 Å². The second-order valence-electron chi connectivity index (χ2n) is 10.4. The number of amides is 1. The maximum absolute atomic E-state index is 16.5. The molecule has 3 aromatic rings. The molecule has 0 radical (unpaired) electrons. The first kappa shape index (κ1) is 29.7. The Morgan fingerprint density at radius 1 is 1.21 bits per heavy atom. The van der Waals surface area contributed by atoms with Crippen molar-refractivity contribution in [3.05, 3.63) is 86.8 Å². The van der Waals surface area contributed by atoms with E-state index >= 15 is 8.78 Å². The number of alkyl halides is 2. The van der Waals surface area contributed by atoms with E-state index in [1.165, 1.54) is 6.20 Å². The molecule has 5 rings (SSSR count). The molecule has 2 aromatic heterocycles. The number of nitrogens with one attached hydrogen (secondary N) is 2. The number of aromatic amines is 1. The van der Waals surface area contributed by atoms with Crippen molar-refractivity contribution in [2.24, 2.45) is 0 Å². The molecule has 1 aromatic carbocycles. The molecule has 2 N–H and O–H groups in total. The van der Waals surface area contributed by atoms with Gasteiger partial charge in [-0.25, -0.2) is 17.6 Å². The van der Waals surface area contributed by atoms with Gasteiger partial charge in [-0.15, -0.1) is 11.6 Å². The Bertz CT molecular complexity index is 1690. The summed E-state index contributed by atoms with van der Waals surface area (Å²) in [5.41, 5.74) is -2.56. The average molecular weight is 597 g/mol. The van der Waals surface area contributed by atoms with Gasteiger partial charge in [0.25, 0.3) is 12.3 Å².